The van der Waals surface area contributed by atoms with Crippen LogP contribution in [0.25, 0.3) is 0 Å². The van der Waals surface area contributed by atoms with Gasteiger partial charge in [0, 0.05) is 0 Å². The highest BCUT2D eigenvalue weighted by atomic mass is 16.3. The fourth-order valence-corrected chi connectivity index (χ4v) is 0.748. The van der Waals surface area contributed by atoms with E-state index in [1.54, 1.807) is 25.3 Å². The number of amides is 1. The lowest BCUT2D eigenvalue weighted by Crippen LogP contribution is -2.37. The first-order valence-corrected chi connectivity index (χ1v) is 3.76. The van der Waals surface area contributed by atoms with Crippen LogP contribution in [0, 0.1) is 0 Å². The lowest BCUT2D eigenvalue weighted by molar-refractivity contribution is -0.122. The minimum atomic E-state index is -0.472. The standard InChI is InChI=1S/C8H12N2O2/c1-6(9)8(11)10-5-7-3-2-4-12-7/h2-4,6H,5,9H2,1H3,(H,10,11)/t6-/m0/s1. The first-order chi connectivity index (χ1) is 5.70. The summed E-state index contributed by atoms with van der Waals surface area (Å²) in [5.74, 6) is 0.551. The molecule has 4 nitrogen and oxygen atoms in total. The molecule has 1 atom stereocenters. The molecule has 1 heterocycles. The number of furan rings is 1. The van der Waals surface area contributed by atoms with Crippen molar-refractivity contribution >= 4 is 5.91 Å². The molecular weight excluding hydrogens is 156 g/mol. The molecule has 0 saturated heterocycles. The Morgan fingerprint density at radius 3 is 3.08 bits per heavy atom. The van der Waals surface area contributed by atoms with Gasteiger partial charge in [0.1, 0.15) is 5.76 Å². The second kappa shape index (κ2) is 3.92. The Morgan fingerprint density at radius 2 is 2.58 bits per heavy atom. The monoisotopic (exact) mass is 168 g/mol. The summed E-state index contributed by atoms with van der Waals surface area (Å²) in [5, 5.41) is 2.63. The summed E-state index contributed by atoms with van der Waals surface area (Å²) in [5.41, 5.74) is 5.33. The van der Waals surface area contributed by atoms with Gasteiger partial charge in [-0.05, 0) is 19.1 Å². The van der Waals surface area contributed by atoms with Crippen LogP contribution in [0.15, 0.2) is 22.8 Å². The summed E-state index contributed by atoms with van der Waals surface area (Å²) in [6.07, 6.45) is 1.56. The molecule has 12 heavy (non-hydrogen) atoms. The number of hydrogen-bond donors (Lipinski definition) is 2. The molecule has 1 rings (SSSR count). The summed E-state index contributed by atoms with van der Waals surface area (Å²) in [7, 11) is 0. The van der Waals surface area contributed by atoms with E-state index in [1.807, 2.05) is 0 Å². The van der Waals surface area contributed by atoms with Crippen LogP contribution < -0.4 is 11.1 Å². The average molecular weight is 168 g/mol. The van der Waals surface area contributed by atoms with Crippen LogP contribution in [0.3, 0.4) is 0 Å². The van der Waals surface area contributed by atoms with Gasteiger partial charge in [-0.3, -0.25) is 4.79 Å². The zero-order chi connectivity index (χ0) is 8.97. The van der Waals surface area contributed by atoms with Crippen molar-refractivity contribution in [1.29, 1.82) is 0 Å². The topological polar surface area (TPSA) is 68.3 Å². The minimum Gasteiger partial charge on any atom is -0.467 e. The van der Waals surface area contributed by atoms with E-state index >= 15 is 0 Å². The van der Waals surface area contributed by atoms with Gasteiger partial charge in [0.25, 0.3) is 0 Å². The molecule has 0 aliphatic carbocycles. The van der Waals surface area contributed by atoms with E-state index in [4.69, 9.17) is 10.2 Å². The Hall–Kier alpha value is -1.29. The third-order valence-electron chi connectivity index (χ3n) is 1.43. The third kappa shape index (κ3) is 2.39. The van der Waals surface area contributed by atoms with E-state index in [2.05, 4.69) is 5.32 Å². The molecule has 0 unspecified atom stereocenters. The number of nitrogens with two attached hydrogens (primary N) is 1. The van der Waals surface area contributed by atoms with E-state index in [0.717, 1.165) is 5.76 Å². The average Bonchev–Trinajstić information content (AvgIpc) is 2.51. The Balaban J connectivity index is 2.32. The molecule has 0 radical (unpaired) electrons. The van der Waals surface area contributed by atoms with Crippen LogP contribution in [0.1, 0.15) is 12.7 Å². The lowest BCUT2D eigenvalue weighted by Gasteiger charge is -2.04. The predicted octanol–water partition coefficient (Wildman–Crippen LogP) is 0.243. The van der Waals surface area contributed by atoms with Gasteiger partial charge in [0.15, 0.2) is 0 Å². The Bertz CT molecular complexity index is 242. The molecule has 0 aliphatic heterocycles. The number of carbonyl (C=O) groups is 1. The fourth-order valence-electron chi connectivity index (χ4n) is 0.748. The Labute approximate surface area is 70.7 Å². The van der Waals surface area contributed by atoms with E-state index in [0.29, 0.717) is 6.54 Å². The van der Waals surface area contributed by atoms with Crippen molar-refractivity contribution < 1.29 is 9.21 Å². The lowest BCUT2D eigenvalue weighted by atomic mass is 10.3. The second-order valence-corrected chi connectivity index (χ2v) is 2.59. The van der Waals surface area contributed by atoms with E-state index in [-0.39, 0.29) is 5.91 Å². The number of rotatable bonds is 3. The molecular formula is C8H12N2O2. The van der Waals surface area contributed by atoms with Gasteiger partial charge in [-0.25, -0.2) is 0 Å². The maximum Gasteiger partial charge on any atom is 0.237 e. The molecule has 1 aromatic heterocycles. The van der Waals surface area contributed by atoms with Gasteiger partial charge in [0.2, 0.25) is 5.91 Å². The van der Waals surface area contributed by atoms with E-state index in [9.17, 15) is 4.79 Å². The highest BCUT2D eigenvalue weighted by Gasteiger charge is 2.06. The maximum atomic E-state index is 11.0. The van der Waals surface area contributed by atoms with Gasteiger partial charge >= 0.3 is 0 Å². The first-order valence-electron chi connectivity index (χ1n) is 3.76. The zero-order valence-electron chi connectivity index (χ0n) is 6.91. The van der Waals surface area contributed by atoms with Crippen molar-refractivity contribution in [2.75, 3.05) is 0 Å². The van der Waals surface area contributed by atoms with Crippen molar-refractivity contribution in [3.63, 3.8) is 0 Å². The minimum absolute atomic E-state index is 0.175. The van der Waals surface area contributed by atoms with Gasteiger partial charge in [-0.2, -0.15) is 0 Å². The van der Waals surface area contributed by atoms with Crippen LogP contribution in [0.5, 0.6) is 0 Å². The van der Waals surface area contributed by atoms with Crippen LogP contribution in [-0.2, 0) is 11.3 Å². The maximum absolute atomic E-state index is 11.0. The summed E-state index contributed by atoms with van der Waals surface area (Å²) >= 11 is 0. The van der Waals surface area contributed by atoms with Crippen molar-refractivity contribution in [2.24, 2.45) is 5.73 Å². The Morgan fingerprint density at radius 1 is 1.83 bits per heavy atom. The molecule has 1 aromatic rings. The summed E-state index contributed by atoms with van der Waals surface area (Å²) in [6, 6.07) is 3.09. The van der Waals surface area contributed by atoms with Crippen molar-refractivity contribution in [2.45, 2.75) is 19.5 Å². The summed E-state index contributed by atoms with van der Waals surface area (Å²) in [6.45, 7) is 2.03. The number of carbonyl (C=O) groups excluding carboxylic acids is 1. The van der Waals surface area contributed by atoms with Gasteiger partial charge in [0.05, 0.1) is 18.8 Å². The number of nitrogens with one attached hydrogen (secondary N) is 1. The molecule has 4 heteroatoms. The molecule has 1 amide bonds. The summed E-state index contributed by atoms with van der Waals surface area (Å²) in [4.78, 5) is 11.0. The van der Waals surface area contributed by atoms with Crippen LogP contribution in [0.2, 0.25) is 0 Å². The molecule has 0 spiro atoms. The Kier molecular flexibility index (Phi) is 2.88. The van der Waals surface area contributed by atoms with E-state index < -0.39 is 6.04 Å². The summed E-state index contributed by atoms with van der Waals surface area (Å²) < 4.78 is 5.01. The normalized spacial score (nSPS) is 12.5. The smallest absolute Gasteiger partial charge is 0.237 e. The number of hydrogen-bond acceptors (Lipinski definition) is 3. The van der Waals surface area contributed by atoms with Gasteiger partial charge in [-0.15, -0.1) is 0 Å². The molecule has 0 aliphatic rings. The molecule has 0 bridgehead atoms. The van der Waals surface area contributed by atoms with Gasteiger partial charge < -0.3 is 15.5 Å². The van der Waals surface area contributed by atoms with Gasteiger partial charge in [-0.1, -0.05) is 0 Å². The molecule has 0 fully saturated rings. The molecule has 3 N–H and O–H groups in total. The first kappa shape index (κ1) is 8.80. The highest BCUT2D eigenvalue weighted by molar-refractivity contribution is 5.80. The largest absolute Gasteiger partial charge is 0.467 e. The van der Waals surface area contributed by atoms with E-state index in [1.165, 1.54) is 0 Å². The predicted molar refractivity (Wildman–Crippen MR) is 44.2 cm³/mol. The van der Waals surface area contributed by atoms with Crippen molar-refractivity contribution in [3.8, 4) is 0 Å². The zero-order valence-corrected chi connectivity index (χ0v) is 6.91. The van der Waals surface area contributed by atoms with Crippen molar-refractivity contribution in [1.82, 2.24) is 5.32 Å². The molecule has 0 aromatic carbocycles. The SMILES string of the molecule is C[C@H](N)C(=O)NCc1ccco1. The molecule has 0 saturated carbocycles. The third-order valence-corrected chi connectivity index (χ3v) is 1.43. The van der Waals surface area contributed by atoms with Crippen molar-refractivity contribution in [3.05, 3.63) is 24.2 Å². The quantitative estimate of drug-likeness (QED) is 0.679. The molecule has 66 valence electrons. The van der Waals surface area contributed by atoms with Crippen LogP contribution in [0.4, 0.5) is 0 Å². The van der Waals surface area contributed by atoms with Crippen LogP contribution >= 0.6 is 0 Å². The second-order valence-electron chi connectivity index (χ2n) is 2.59. The fraction of sp³-hybridized carbons (Fsp3) is 0.375. The highest BCUT2D eigenvalue weighted by Crippen LogP contribution is 1.98. The van der Waals surface area contributed by atoms with Crippen LogP contribution in [-0.4, -0.2) is 11.9 Å².